The van der Waals surface area contributed by atoms with Crippen LogP contribution in [-0.2, 0) is 9.53 Å². The van der Waals surface area contributed by atoms with Crippen molar-refractivity contribution in [2.45, 2.75) is 64.7 Å². The van der Waals surface area contributed by atoms with Gasteiger partial charge in [0.15, 0.2) is 0 Å². The second kappa shape index (κ2) is 5.55. The molecule has 0 heterocycles. The van der Waals surface area contributed by atoms with E-state index in [9.17, 15) is 9.90 Å². The first kappa shape index (κ1) is 17.0. The largest absolute Gasteiger partial charge is 0.461 e. The minimum Gasteiger partial charge on any atom is -0.461 e. The van der Waals surface area contributed by atoms with Gasteiger partial charge in [0.25, 0.3) is 0 Å². The normalized spacial score (nSPS) is 48.0. The fourth-order valence-electron chi connectivity index (χ4n) is 6.00. The Hall–Kier alpha value is -1.39. The van der Waals surface area contributed by atoms with Crippen molar-refractivity contribution in [2.75, 3.05) is 0 Å². The lowest BCUT2D eigenvalue weighted by Gasteiger charge is -2.52. The summed E-state index contributed by atoms with van der Waals surface area (Å²) in [4.78, 5) is 11.5. The summed E-state index contributed by atoms with van der Waals surface area (Å²) in [6.07, 6.45) is 11.8. The van der Waals surface area contributed by atoms with Crippen molar-refractivity contribution in [3.05, 3.63) is 35.5 Å². The van der Waals surface area contributed by atoms with E-state index in [2.05, 4.69) is 26.0 Å². The maximum Gasteiger partial charge on any atom is 0.302 e. The van der Waals surface area contributed by atoms with Crippen LogP contribution >= 0.6 is 0 Å². The number of aliphatic hydroxyl groups is 1. The third-order valence-electron chi connectivity index (χ3n) is 7.45. The van der Waals surface area contributed by atoms with E-state index >= 15 is 0 Å². The minimum absolute atomic E-state index is 0.0102. The number of rotatable bonds is 1. The molecule has 0 saturated heterocycles. The minimum atomic E-state index is -0.456. The number of fused-ring (bicyclic) bond motifs is 5. The zero-order valence-electron chi connectivity index (χ0n) is 15.4. The lowest BCUT2D eigenvalue weighted by molar-refractivity contribution is -0.147. The Morgan fingerprint density at radius 2 is 2.16 bits per heavy atom. The van der Waals surface area contributed by atoms with E-state index in [1.807, 2.05) is 12.2 Å². The fourth-order valence-corrected chi connectivity index (χ4v) is 6.00. The van der Waals surface area contributed by atoms with Gasteiger partial charge < -0.3 is 15.6 Å². The Labute approximate surface area is 149 Å². The summed E-state index contributed by atoms with van der Waals surface area (Å²) in [5.74, 6) is 0.693. The molecule has 0 aromatic rings. The highest BCUT2D eigenvalue weighted by atomic mass is 16.5. The Balaban J connectivity index is 1.69. The van der Waals surface area contributed by atoms with Gasteiger partial charge in [-0.05, 0) is 49.9 Å². The van der Waals surface area contributed by atoms with Crippen LogP contribution in [0.3, 0.4) is 0 Å². The molecule has 0 spiro atoms. The number of ether oxygens (including phenoxy) is 1. The lowest BCUT2D eigenvalue weighted by atomic mass is 9.53. The second-order valence-corrected chi connectivity index (χ2v) is 8.77. The summed E-state index contributed by atoms with van der Waals surface area (Å²) < 4.78 is 5.56. The van der Waals surface area contributed by atoms with E-state index in [4.69, 9.17) is 10.5 Å². The third-order valence-corrected chi connectivity index (χ3v) is 7.45. The number of allylic oxidation sites excluding steroid dienone is 4. The molecule has 1 unspecified atom stereocenters. The van der Waals surface area contributed by atoms with E-state index in [1.165, 1.54) is 18.1 Å². The molecule has 4 aliphatic rings. The Morgan fingerprint density at radius 1 is 1.40 bits per heavy atom. The van der Waals surface area contributed by atoms with E-state index in [-0.39, 0.29) is 28.9 Å². The molecule has 7 atom stereocenters. The van der Waals surface area contributed by atoms with E-state index in [1.54, 1.807) is 0 Å². The van der Waals surface area contributed by atoms with Crippen LogP contribution in [0.2, 0.25) is 0 Å². The first-order valence-electron chi connectivity index (χ1n) is 9.47. The van der Waals surface area contributed by atoms with Gasteiger partial charge in [-0.3, -0.25) is 4.79 Å². The molecular weight excluding hydrogens is 314 g/mol. The number of hydrogen-bond acceptors (Lipinski definition) is 4. The molecule has 2 saturated carbocycles. The average molecular weight is 343 g/mol. The van der Waals surface area contributed by atoms with Gasteiger partial charge in [0.05, 0.1) is 6.10 Å². The summed E-state index contributed by atoms with van der Waals surface area (Å²) >= 11 is 0. The zero-order chi connectivity index (χ0) is 18.0. The van der Waals surface area contributed by atoms with Crippen LogP contribution in [0, 0.1) is 22.7 Å². The van der Waals surface area contributed by atoms with Gasteiger partial charge in [0, 0.05) is 18.4 Å². The quantitative estimate of drug-likeness (QED) is 0.567. The zero-order valence-corrected chi connectivity index (χ0v) is 15.4. The highest BCUT2D eigenvalue weighted by molar-refractivity contribution is 5.66. The standard InChI is InChI=1S/C21H29NO3/c1-12(23)25-18-11-17-15-5-4-13-10-14(24)6-8-20(13,2)16(15)7-9-21(17,3)19(18)22/h6-8,10,14-15,17-19,24H,4-5,9,11,22H2,1-3H3/t14-,15+,17-,18+,19?,20-,21-/m0/s1. The van der Waals surface area contributed by atoms with Crippen molar-refractivity contribution in [3.63, 3.8) is 0 Å². The average Bonchev–Trinajstić information content (AvgIpc) is 2.79. The van der Waals surface area contributed by atoms with Crippen molar-refractivity contribution in [1.82, 2.24) is 0 Å². The third kappa shape index (κ3) is 2.37. The topological polar surface area (TPSA) is 72.5 Å². The first-order valence-corrected chi connectivity index (χ1v) is 9.47. The Bertz CT molecular complexity index is 693. The molecule has 136 valence electrons. The van der Waals surface area contributed by atoms with Gasteiger partial charge in [0.1, 0.15) is 6.10 Å². The molecule has 0 aromatic heterocycles. The molecule has 4 heteroatoms. The molecule has 4 nitrogen and oxygen atoms in total. The van der Waals surface area contributed by atoms with E-state index < -0.39 is 6.10 Å². The summed E-state index contributed by atoms with van der Waals surface area (Å²) in [6.45, 7) is 6.02. The summed E-state index contributed by atoms with van der Waals surface area (Å²) in [6, 6.07) is -0.104. The van der Waals surface area contributed by atoms with Gasteiger partial charge in [-0.2, -0.15) is 0 Å². The number of esters is 1. The molecule has 4 rings (SSSR count). The van der Waals surface area contributed by atoms with Gasteiger partial charge >= 0.3 is 5.97 Å². The van der Waals surface area contributed by atoms with Crippen LogP contribution in [0.4, 0.5) is 0 Å². The number of hydrogen-bond donors (Lipinski definition) is 2. The molecule has 2 fully saturated rings. The highest BCUT2D eigenvalue weighted by Crippen LogP contribution is 2.62. The van der Waals surface area contributed by atoms with Gasteiger partial charge in [0.2, 0.25) is 0 Å². The summed E-state index contributed by atoms with van der Waals surface area (Å²) in [7, 11) is 0. The van der Waals surface area contributed by atoms with Crippen molar-refractivity contribution in [3.8, 4) is 0 Å². The van der Waals surface area contributed by atoms with Crippen molar-refractivity contribution in [1.29, 1.82) is 0 Å². The van der Waals surface area contributed by atoms with E-state index in [0.717, 1.165) is 25.7 Å². The fraction of sp³-hybridized carbons (Fsp3) is 0.667. The van der Waals surface area contributed by atoms with Crippen molar-refractivity contribution < 1.29 is 14.6 Å². The summed E-state index contributed by atoms with van der Waals surface area (Å²) in [5, 5.41) is 9.96. The molecule has 3 N–H and O–H groups in total. The van der Waals surface area contributed by atoms with Gasteiger partial charge in [-0.1, -0.05) is 42.4 Å². The van der Waals surface area contributed by atoms with Gasteiger partial charge in [-0.15, -0.1) is 0 Å². The predicted molar refractivity (Wildman–Crippen MR) is 96.5 cm³/mol. The predicted octanol–water partition coefficient (Wildman–Crippen LogP) is 2.88. The summed E-state index contributed by atoms with van der Waals surface area (Å²) in [5.41, 5.74) is 9.29. The smallest absolute Gasteiger partial charge is 0.302 e. The number of aliphatic hydroxyl groups excluding tert-OH is 1. The van der Waals surface area contributed by atoms with E-state index in [0.29, 0.717) is 11.8 Å². The molecular formula is C21H29NO3. The molecule has 25 heavy (non-hydrogen) atoms. The maximum absolute atomic E-state index is 11.5. The molecule has 0 aromatic carbocycles. The van der Waals surface area contributed by atoms with Crippen LogP contribution in [-0.4, -0.2) is 29.3 Å². The van der Waals surface area contributed by atoms with Crippen molar-refractivity contribution >= 4 is 5.97 Å². The van der Waals surface area contributed by atoms with Crippen LogP contribution < -0.4 is 5.73 Å². The number of carbonyl (C=O) groups is 1. The maximum atomic E-state index is 11.5. The molecule has 0 aliphatic heterocycles. The van der Waals surface area contributed by atoms with Crippen molar-refractivity contribution in [2.24, 2.45) is 28.4 Å². The first-order chi connectivity index (χ1) is 11.8. The Morgan fingerprint density at radius 3 is 2.88 bits per heavy atom. The Kier molecular flexibility index (Phi) is 3.79. The molecule has 0 amide bonds. The SMILES string of the molecule is CC(=O)O[C@@H]1C[C@H]2[C@@H]3CCC4=C[C@@H](O)C=C[C@]4(C)C3=CC[C@]2(C)C1N. The molecule has 0 radical (unpaired) electrons. The molecule has 0 bridgehead atoms. The monoisotopic (exact) mass is 343 g/mol. The number of nitrogens with two attached hydrogens (primary N) is 1. The van der Waals surface area contributed by atoms with Crippen LogP contribution in [0.5, 0.6) is 0 Å². The van der Waals surface area contributed by atoms with Crippen LogP contribution in [0.25, 0.3) is 0 Å². The lowest BCUT2D eigenvalue weighted by Crippen LogP contribution is -2.49. The molecule has 4 aliphatic carbocycles. The van der Waals surface area contributed by atoms with Gasteiger partial charge in [-0.25, -0.2) is 0 Å². The van der Waals surface area contributed by atoms with Crippen LogP contribution in [0.15, 0.2) is 35.5 Å². The number of carbonyl (C=O) groups excluding carboxylic acids is 1. The second-order valence-electron chi connectivity index (χ2n) is 8.77. The highest BCUT2D eigenvalue weighted by Gasteiger charge is 2.58. The van der Waals surface area contributed by atoms with Crippen LogP contribution in [0.1, 0.15) is 46.5 Å².